The molecule has 3 aromatic rings. The normalized spacial score (nSPS) is 15.3. The summed E-state index contributed by atoms with van der Waals surface area (Å²) >= 11 is 5.90. The van der Waals surface area contributed by atoms with Gasteiger partial charge in [0, 0.05) is 23.8 Å². The highest BCUT2D eigenvalue weighted by Gasteiger charge is 2.22. The van der Waals surface area contributed by atoms with E-state index in [9.17, 15) is 0 Å². The lowest BCUT2D eigenvalue weighted by Crippen LogP contribution is -2.32. The van der Waals surface area contributed by atoms with Crippen LogP contribution in [0.25, 0.3) is 6.08 Å². The minimum Gasteiger partial charge on any atom is -0.496 e. The topological polar surface area (TPSA) is 50.9 Å². The van der Waals surface area contributed by atoms with Crippen molar-refractivity contribution in [1.82, 2.24) is 0 Å². The number of nitrogens with zero attached hydrogens (tertiary/aromatic N) is 2. The number of hydrogen-bond acceptors (Lipinski definition) is 3. The second kappa shape index (κ2) is 10.4. The first-order chi connectivity index (χ1) is 15.6. The number of rotatable bonds is 6. The third-order valence-corrected chi connectivity index (χ3v) is 6.12. The maximum Gasteiger partial charge on any atom is 0.124 e. The SMILES string of the molecule is COc1ccccc1C1CCN(c2ccc(C=CC(N)=Nc3ccc(Cl)cc3)cc2)CC1. The summed E-state index contributed by atoms with van der Waals surface area (Å²) in [5.74, 6) is 2.00. The van der Waals surface area contributed by atoms with Crippen molar-refractivity contribution in [2.24, 2.45) is 10.7 Å². The first-order valence-electron chi connectivity index (χ1n) is 10.9. The van der Waals surface area contributed by atoms with Crippen molar-refractivity contribution in [3.8, 4) is 5.75 Å². The average Bonchev–Trinajstić information content (AvgIpc) is 2.84. The lowest BCUT2D eigenvalue weighted by Gasteiger charge is -2.34. The smallest absolute Gasteiger partial charge is 0.124 e. The third kappa shape index (κ3) is 5.51. The number of ether oxygens (including phenoxy) is 1. The molecule has 164 valence electrons. The van der Waals surface area contributed by atoms with Crippen molar-refractivity contribution < 1.29 is 4.74 Å². The molecule has 4 nitrogen and oxygen atoms in total. The van der Waals surface area contributed by atoms with Crippen molar-refractivity contribution in [2.45, 2.75) is 18.8 Å². The standard InChI is InChI=1S/C27H28ClN3O/c1-32-26-5-3-2-4-25(26)21-16-18-31(19-17-21)24-13-6-20(7-14-24)8-15-27(29)30-23-11-9-22(28)10-12-23/h2-15,21H,16-19H2,1H3,(H2,29,30). The number of hydrogen-bond donors (Lipinski definition) is 1. The van der Waals surface area contributed by atoms with E-state index in [0.29, 0.717) is 16.8 Å². The quantitative estimate of drug-likeness (QED) is 0.351. The van der Waals surface area contributed by atoms with E-state index in [4.69, 9.17) is 22.1 Å². The fourth-order valence-electron chi connectivity index (χ4n) is 4.13. The molecule has 0 aliphatic carbocycles. The highest BCUT2D eigenvalue weighted by atomic mass is 35.5. The number of anilines is 1. The van der Waals surface area contributed by atoms with Gasteiger partial charge < -0.3 is 15.4 Å². The summed E-state index contributed by atoms with van der Waals surface area (Å²) in [4.78, 5) is 6.84. The monoisotopic (exact) mass is 445 g/mol. The van der Waals surface area contributed by atoms with Crippen LogP contribution in [0.2, 0.25) is 5.02 Å². The zero-order valence-corrected chi connectivity index (χ0v) is 19.0. The van der Waals surface area contributed by atoms with Gasteiger partial charge in [-0.05, 0) is 78.4 Å². The molecule has 1 fully saturated rings. The maximum absolute atomic E-state index is 6.03. The van der Waals surface area contributed by atoms with Crippen LogP contribution in [0.1, 0.15) is 29.9 Å². The van der Waals surface area contributed by atoms with E-state index in [1.807, 2.05) is 30.4 Å². The van der Waals surface area contributed by atoms with E-state index < -0.39 is 0 Å². The Kier molecular flexibility index (Phi) is 7.13. The van der Waals surface area contributed by atoms with E-state index in [-0.39, 0.29) is 0 Å². The molecular formula is C27H28ClN3O. The number of halogens is 1. The summed E-state index contributed by atoms with van der Waals surface area (Å²) in [6.07, 6.45) is 6.05. The van der Waals surface area contributed by atoms with Crippen LogP contribution >= 0.6 is 11.6 Å². The molecule has 4 rings (SSSR count). The fourth-order valence-corrected chi connectivity index (χ4v) is 4.26. The van der Waals surface area contributed by atoms with Crippen molar-refractivity contribution >= 4 is 34.9 Å². The minimum atomic E-state index is 0.454. The van der Waals surface area contributed by atoms with Crippen molar-refractivity contribution in [1.29, 1.82) is 0 Å². The van der Waals surface area contributed by atoms with Gasteiger partial charge in [-0.15, -0.1) is 0 Å². The highest BCUT2D eigenvalue weighted by Crippen LogP contribution is 2.35. The molecule has 1 saturated heterocycles. The van der Waals surface area contributed by atoms with E-state index in [2.05, 4.69) is 52.4 Å². The van der Waals surface area contributed by atoms with Gasteiger partial charge in [0.05, 0.1) is 12.8 Å². The molecule has 1 heterocycles. The van der Waals surface area contributed by atoms with Gasteiger partial charge in [0.25, 0.3) is 0 Å². The molecule has 0 unspecified atom stereocenters. The lowest BCUT2D eigenvalue weighted by molar-refractivity contribution is 0.397. The Bertz CT molecular complexity index is 1080. The number of methoxy groups -OCH3 is 1. The molecule has 0 amide bonds. The molecule has 0 bridgehead atoms. The predicted molar refractivity (Wildman–Crippen MR) is 135 cm³/mol. The van der Waals surface area contributed by atoms with Crippen LogP contribution < -0.4 is 15.4 Å². The summed E-state index contributed by atoms with van der Waals surface area (Å²) < 4.78 is 5.56. The summed E-state index contributed by atoms with van der Waals surface area (Å²) in [5.41, 5.74) is 10.5. The van der Waals surface area contributed by atoms with Gasteiger partial charge in [-0.3, -0.25) is 0 Å². The summed E-state index contributed by atoms with van der Waals surface area (Å²) in [6, 6.07) is 24.3. The van der Waals surface area contributed by atoms with Gasteiger partial charge in [0.2, 0.25) is 0 Å². The molecule has 0 aromatic heterocycles. The summed E-state index contributed by atoms with van der Waals surface area (Å²) in [7, 11) is 1.75. The van der Waals surface area contributed by atoms with Crippen molar-refractivity contribution in [3.05, 3.63) is 95.0 Å². The lowest BCUT2D eigenvalue weighted by atomic mass is 9.88. The molecule has 0 radical (unpaired) electrons. The third-order valence-electron chi connectivity index (χ3n) is 5.86. The molecule has 0 atom stereocenters. The van der Waals surface area contributed by atoms with E-state index in [1.165, 1.54) is 11.3 Å². The van der Waals surface area contributed by atoms with Crippen LogP contribution in [0.15, 0.2) is 83.9 Å². The molecule has 1 aliphatic rings. The fraction of sp³-hybridized carbons (Fsp3) is 0.222. The van der Waals surface area contributed by atoms with Crippen LogP contribution in [0.4, 0.5) is 11.4 Å². The van der Waals surface area contributed by atoms with Gasteiger partial charge in [-0.1, -0.05) is 48.0 Å². The van der Waals surface area contributed by atoms with E-state index in [0.717, 1.165) is 42.9 Å². The van der Waals surface area contributed by atoms with Gasteiger partial charge in [0.15, 0.2) is 0 Å². The van der Waals surface area contributed by atoms with Gasteiger partial charge in [-0.2, -0.15) is 0 Å². The number of para-hydroxylation sites is 1. The Morgan fingerprint density at radius 1 is 1.00 bits per heavy atom. The summed E-state index contributed by atoms with van der Waals surface area (Å²) in [5, 5.41) is 0.683. The molecule has 32 heavy (non-hydrogen) atoms. The van der Waals surface area contributed by atoms with E-state index in [1.54, 1.807) is 19.2 Å². The largest absolute Gasteiger partial charge is 0.496 e. The number of benzene rings is 3. The van der Waals surface area contributed by atoms with Crippen molar-refractivity contribution in [3.63, 3.8) is 0 Å². The van der Waals surface area contributed by atoms with Crippen LogP contribution in [-0.4, -0.2) is 26.0 Å². The van der Waals surface area contributed by atoms with Crippen LogP contribution in [0, 0.1) is 0 Å². The van der Waals surface area contributed by atoms with E-state index >= 15 is 0 Å². The second-order valence-electron chi connectivity index (χ2n) is 7.94. The maximum atomic E-state index is 6.03. The van der Waals surface area contributed by atoms with Gasteiger partial charge in [0.1, 0.15) is 11.6 Å². The van der Waals surface area contributed by atoms with Gasteiger partial charge >= 0.3 is 0 Å². The van der Waals surface area contributed by atoms with Gasteiger partial charge in [-0.25, -0.2) is 4.99 Å². The molecule has 2 N–H and O–H groups in total. The number of amidine groups is 1. The Labute approximate surface area is 195 Å². The highest BCUT2D eigenvalue weighted by molar-refractivity contribution is 6.30. The molecule has 3 aromatic carbocycles. The molecule has 5 heteroatoms. The number of nitrogens with two attached hydrogens (primary N) is 1. The Morgan fingerprint density at radius 2 is 1.69 bits per heavy atom. The zero-order valence-electron chi connectivity index (χ0n) is 18.2. The van der Waals surface area contributed by atoms with Crippen molar-refractivity contribution in [2.75, 3.05) is 25.1 Å². The second-order valence-corrected chi connectivity index (χ2v) is 8.38. The van der Waals surface area contributed by atoms with Crippen LogP contribution in [0.5, 0.6) is 5.75 Å². The zero-order chi connectivity index (χ0) is 22.3. The predicted octanol–water partition coefficient (Wildman–Crippen LogP) is 6.43. The first-order valence-corrected chi connectivity index (χ1v) is 11.3. The number of aliphatic imine (C=N–C) groups is 1. The Balaban J connectivity index is 1.35. The summed E-state index contributed by atoms with van der Waals surface area (Å²) in [6.45, 7) is 2.08. The Morgan fingerprint density at radius 3 is 2.38 bits per heavy atom. The average molecular weight is 446 g/mol. The minimum absolute atomic E-state index is 0.454. The first kappa shape index (κ1) is 22.0. The molecular weight excluding hydrogens is 418 g/mol. The van der Waals surface area contributed by atoms with Crippen LogP contribution in [-0.2, 0) is 0 Å². The molecule has 0 saturated carbocycles. The van der Waals surface area contributed by atoms with Crippen LogP contribution in [0.3, 0.4) is 0 Å². The molecule has 1 aliphatic heterocycles. The number of piperidine rings is 1. The molecule has 0 spiro atoms. The Hall–Kier alpha value is -3.24.